The second kappa shape index (κ2) is 19.3. The highest BCUT2D eigenvalue weighted by Crippen LogP contribution is 2.28. The molecule has 0 spiro atoms. The monoisotopic (exact) mass is 795 g/mol. The van der Waals surface area contributed by atoms with Gasteiger partial charge in [0.15, 0.2) is 0 Å². The molecule has 2 heterocycles. The molecule has 1 aliphatic heterocycles. The van der Waals surface area contributed by atoms with Crippen molar-refractivity contribution in [3.63, 3.8) is 0 Å². The Hall–Kier alpha value is -4.86. The van der Waals surface area contributed by atoms with E-state index >= 15 is 0 Å². The molecule has 15 nitrogen and oxygen atoms in total. The highest BCUT2D eigenvalue weighted by atomic mass is 32.1. The standard InChI is InChI=1S/C40H61N9O6S/c1-22(2)29(47-35(53)32(39(5,6)7)48-38(55)40(8,9)10)37(54)49-18-16-23(3)31(49)33(42)44-21-28(51)46-30(24(4)25-14-12-11-13-15-25)34(52)45-26(20-27(41)50)36-43-17-19-56-36/h11-15,17,19,22-24,26,29-32H,16,18,20-21H2,1-10H3,(H2,41,50)(H2,42,44)(H,45,52)(H,46,51)(H,47,53)(H,48,55). The number of thiazole rings is 1. The van der Waals surface area contributed by atoms with Gasteiger partial charge < -0.3 is 37.6 Å². The summed E-state index contributed by atoms with van der Waals surface area (Å²) < 4.78 is 0. The predicted octanol–water partition coefficient (Wildman–Crippen LogP) is 2.78. The van der Waals surface area contributed by atoms with Gasteiger partial charge in [-0.25, -0.2) is 4.98 Å². The number of hydrogen-bond donors (Lipinski definition) is 6. The number of nitrogens with one attached hydrogen (secondary N) is 4. The maximum Gasteiger partial charge on any atom is 0.246 e. The molecule has 7 unspecified atom stereocenters. The lowest BCUT2D eigenvalue weighted by atomic mass is 9.84. The number of carbonyl (C=O) groups excluding carboxylic acids is 6. The van der Waals surface area contributed by atoms with E-state index < -0.39 is 77.1 Å². The molecule has 308 valence electrons. The Bertz CT molecular complexity index is 1720. The van der Waals surface area contributed by atoms with Crippen LogP contribution in [0.25, 0.3) is 0 Å². The van der Waals surface area contributed by atoms with E-state index in [-0.39, 0.29) is 35.9 Å². The van der Waals surface area contributed by atoms with Crippen molar-refractivity contribution in [2.75, 3.05) is 13.1 Å². The minimum atomic E-state index is -1.07. The van der Waals surface area contributed by atoms with Gasteiger partial charge in [-0.05, 0) is 29.2 Å². The minimum absolute atomic E-state index is 0.0692. The maximum atomic E-state index is 14.2. The first-order valence-electron chi connectivity index (χ1n) is 19.1. The van der Waals surface area contributed by atoms with Crippen LogP contribution in [0, 0.1) is 22.7 Å². The highest BCUT2D eigenvalue weighted by Gasteiger charge is 2.43. The Labute approximate surface area is 334 Å². The first kappa shape index (κ1) is 45.5. The smallest absolute Gasteiger partial charge is 0.246 e. The summed E-state index contributed by atoms with van der Waals surface area (Å²) in [7, 11) is 0. The molecule has 1 fully saturated rings. The molecule has 16 heteroatoms. The van der Waals surface area contributed by atoms with Crippen molar-refractivity contribution in [3.8, 4) is 0 Å². The SMILES string of the molecule is CC(C)C(NC(=O)C(NC(=O)C(C)(C)C)C(C)(C)C)C(=O)N1CCC(C)C1C(N)=NCC(=O)NC(C(=O)NC(CC(N)=O)c1nccs1)C(C)c1ccccc1. The summed E-state index contributed by atoms with van der Waals surface area (Å²) in [4.78, 5) is 90.3. The van der Waals surface area contributed by atoms with Crippen LogP contribution in [0.1, 0.15) is 105 Å². The van der Waals surface area contributed by atoms with E-state index in [0.29, 0.717) is 18.0 Å². The normalized spacial score (nSPS) is 19.0. The molecule has 0 bridgehead atoms. The van der Waals surface area contributed by atoms with Gasteiger partial charge in [0, 0.05) is 29.5 Å². The largest absolute Gasteiger partial charge is 0.386 e. The van der Waals surface area contributed by atoms with Gasteiger partial charge in [-0.2, -0.15) is 0 Å². The van der Waals surface area contributed by atoms with Crippen LogP contribution >= 0.6 is 11.3 Å². The number of nitrogens with two attached hydrogens (primary N) is 2. The molecular weight excluding hydrogens is 735 g/mol. The summed E-state index contributed by atoms with van der Waals surface area (Å²) in [6.45, 7) is 18.2. The van der Waals surface area contributed by atoms with Crippen molar-refractivity contribution in [3.05, 3.63) is 52.5 Å². The molecule has 1 aliphatic rings. The molecule has 2 aromatic rings. The topological polar surface area (TPSA) is 231 Å². The summed E-state index contributed by atoms with van der Waals surface area (Å²) in [6, 6.07) is 4.87. The number of aromatic nitrogens is 1. The Morgan fingerprint density at radius 1 is 0.911 bits per heavy atom. The predicted molar refractivity (Wildman–Crippen MR) is 217 cm³/mol. The summed E-state index contributed by atoms with van der Waals surface area (Å²) in [5, 5.41) is 13.7. The third kappa shape index (κ3) is 12.3. The third-order valence-electron chi connectivity index (χ3n) is 9.90. The van der Waals surface area contributed by atoms with Crippen LogP contribution in [0.3, 0.4) is 0 Å². The lowest BCUT2D eigenvalue weighted by Gasteiger charge is -2.36. The Kier molecular flexibility index (Phi) is 15.7. The van der Waals surface area contributed by atoms with Crippen LogP contribution in [0.4, 0.5) is 0 Å². The molecule has 0 saturated carbocycles. The molecule has 1 aromatic carbocycles. The summed E-state index contributed by atoms with van der Waals surface area (Å²) in [6.07, 6.45) is 2.00. The second-order valence-corrected chi connectivity index (χ2v) is 18.0. The Balaban J connectivity index is 1.81. The van der Waals surface area contributed by atoms with Gasteiger partial charge in [0.1, 0.15) is 35.5 Å². The van der Waals surface area contributed by atoms with Crippen molar-refractivity contribution < 1.29 is 28.8 Å². The first-order chi connectivity index (χ1) is 26.0. The van der Waals surface area contributed by atoms with Crippen LogP contribution in [0.2, 0.25) is 0 Å². The van der Waals surface area contributed by atoms with Crippen LogP contribution in [0.15, 0.2) is 46.9 Å². The average Bonchev–Trinajstić information content (AvgIpc) is 3.79. The molecule has 56 heavy (non-hydrogen) atoms. The number of amidine groups is 1. The fourth-order valence-corrected chi connectivity index (χ4v) is 7.20. The van der Waals surface area contributed by atoms with E-state index in [4.69, 9.17) is 11.5 Å². The molecule has 0 radical (unpaired) electrons. The van der Waals surface area contributed by atoms with E-state index in [9.17, 15) is 28.8 Å². The number of amides is 6. The van der Waals surface area contributed by atoms with E-state index in [0.717, 1.165) is 5.56 Å². The van der Waals surface area contributed by atoms with Crippen molar-refractivity contribution >= 4 is 52.6 Å². The Morgan fingerprint density at radius 2 is 1.55 bits per heavy atom. The fourth-order valence-electron chi connectivity index (χ4n) is 6.51. The number of hydrogen-bond acceptors (Lipinski definition) is 9. The van der Waals surface area contributed by atoms with E-state index in [2.05, 4.69) is 31.2 Å². The number of primary amides is 1. The van der Waals surface area contributed by atoms with Crippen LogP contribution in [-0.4, -0.2) is 88.4 Å². The summed E-state index contributed by atoms with van der Waals surface area (Å²) in [5.74, 6) is -3.68. The van der Waals surface area contributed by atoms with Gasteiger partial charge in [0.05, 0.1) is 18.5 Å². The van der Waals surface area contributed by atoms with Gasteiger partial charge in [-0.3, -0.25) is 33.8 Å². The van der Waals surface area contributed by atoms with Gasteiger partial charge in [0.2, 0.25) is 35.4 Å². The number of rotatable bonds is 16. The number of likely N-dealkylation sites (tertiary alicyclic amines) is 1. The lowest BCUT2D eigenvalue weighted by Crippen LogP contribution is -2.61. The molecule has 0 aliphatic carbocycles. The molecule has 1 saturated heterocycles. The van der Waals surface area contributed by atoms with Gasteiger partial charge in [-0.1, -0.05) is 99.6 Å². The van der Waals surface area contributed by atoms with Crippen molar-refractivity contribution in [1.82, 2.24) is 31.2 Å². The van der Waals surface area contributed by atoms with Crippen molar-refractivity contribution in [2.45, 2.75) is 118 Å². The van der Waals surface area contributed by atoms with E-state index in [1.54, 1.807) is 44.2 Å². The zero-order chi connectivity index (χ0) is 42.1. The number of benzene rings is 1. The number of aliphatic imine (C=N–C) groups is 1. The molecule has 3 rings (SSSR count). The van der Waals surface area contributed by atoms with Gasteiger partial charge >= 0.3 is 0 Å². The molecular formula is C40H61N9O6S. The van der Waals surface area contributed by atoms with Crippen LogP contribution in [-0.2, 0) is 28.8 Å². The zero-order valence-corrected chi connectivity index (χ0v) is 35.2. The maximum absolute atomic E-state index is 14.2. The van der Waals surface area contributed by atoms with Gasteiger partial charge in [0.25, 0.3) is 0 Å². The highest BCUT2D eigenvalue weighted by molar-refractivity contribution is 7.09. The number of carbonyl (C=O) groups is 6. The third-order valence-corrected chi connectivity index (χ3v) is 10.8. The van der Waals surface area contributed by atoms with E-state index in [1.807, 2.05) is 71.9 Å². The van der Waals surface area contributed by atoms with Crippen molar-refractivity contribution in [1.29, 1.82) is 0 Å². The first-order valence-corrected chi connectivity index (χ1v) is 19.9. The molecule has 7 atom stereocenters. The quantitative estimate of drug-likeness (QED) is 0.109. The number of nitrogens with zero attached hydrogens (tertiary/aromatic N) is 3. The lowest BCUT2D eigenvalue weighted by molar-refractivity contribution is -0.140. The average molecular weight is 796 g/mol. The second-order valence-electron chi connectivity index (χ2n) is 17.1. The summed E-state index contributed by atoms with van der Waals surface area (Å²) in [5.41, 5.74) is 11.4. The van der Waals surface area contributed by atoms with E-state index in [1.165, 1.54) is 11.3 Å². The minimum Gasteiger partial charge on any atom is -0.386 e. The molecule has 6 amide bonds. The molecule has 8 N–H and O–H groups in total. The fraction of sp³-hybridized carbons (Fsp3) is 0.600. The van der Waals surface area contributed by atoms with Crippen LogP contribution in [0.5, 0.6) is 0 Å². The molecule has 1 aromatic heterocycles. The van der Waals surface area contributed by atoms with Crippen LogP contribution < -0.4 is 32.7 Å². The Morgan fingerprint density at radius 3 is 2.09 bits per heavy atom. The zero-order valence-electron chi connectivity index (χ0n) is 34.3. The summed E-state index contributed by atoms with van der Waals surface area (Å²) >= 11 is 1.27. The van der Waals surface area contributed by atoms with Gasteiger partial charge in [-0.15, -0.1) is 11.3 Å². The van der Waals surface area contributed by atoms with Crippen molar-refractivity contribution in [2.24, 2.45) is 39.1 Å².